The number of nitrogens with zero attached hydrogens (tertiary/aromatic N) is 1. The van der Waals surface area contributed by atoms with Crippen LogP contribution < -0.4 is 0 Å². The second-order valence-corrected chi connectivity index (χ2v) is 7.19. The summed E-state index contributed by atoms with van der Waals surface area (Å²) in [6.45, 7) is 5.43. The van der Waals surface area contributed by atoms with Gasteiger partial charge in [0.05, 0.1) is 6.61 Å². The lowest BCUT2D eigenvalue weighted by molar-refractivity contribution is -0.139. The van der Waals surface area contributed by atoms with Gasteiger partial charge in [-0.25, -0.2) is 0 Å². The number of aliphatic hydroxyl groups excluding tert-OH is 1. The molecule has 0 radical (unpaired) electrons. The summed E-state index contributed by atoms with van der Waals surface area (Å²) in [5.74, 6) is 1.35. The summed E-state index contributed by atoms with van der Waals surface area (Å²) in [5, 5.41) is 9.53. The third kappa shape index (κ3) is 3.81. The zero-order chi connectivity index (χ0) is 16.9. The van der Waals surface area contributed by atoms with Crippen molar-refractivity contribution in [1.82, 2.24) is 4.90 Å². The molecule has 0 saturated carbocycles. The van der Waals surface area contributed by atoms with E-state index in [0.717, 1.165) is 57.6 Å². The van der Waals surface area contributed by atoms with Crippen molar-refractivity contribution in [2.75, 3.05) is 26.3 Å². The van der Waals surface area contributed by atoms with Gasteiger partial charge in [0.15, 0.2) is 0 Å². The number of piperidine rings is 1. The molecule has 1 N–H and O–H groups in total. The summed E-state index contributed by atoms with van der Waals surface area (Å²) in [7, 11) is 0. The van der Waals surface area contributed by atoms with Gasteiger partial charge in [-0.1, -0.05) is 31.2 Å². The van der Waals surface area contributed by atoms with Gasteiger partial charge in [-0.2, -0.15) is 0 Å². The largest absolute Gasteiger partial charge is 0.392 e. The van der Waals surface area contributed by atoms with Gasteiger partial charge in [0.2, 0.25) is 5.91 Å². The molecule has 4 nitrogen and oxygen atoms in total. The van der Waals surface area contributed by atoms with Gasteiger partial charge in [0, 0.05) is 32.2 Å². The van der Waals surface area contributed by atoms with Gasteiger partial charge < -0.3 is 14.7 Å². The molecule has 0 bridgehead atoms. The average Bonchev–Trinajstić information content (AvgIpc) is 2.67. The fourth-order valence-corrected chi connectivity index (χ4v) is 4.19. The van der Waals surface area contributed by atoms with Gasteiger partial charge in [0.25, 0.3) is 0 Å². The van der Waals surface area contributed by atoms with Gasteiger partial charge in [0.1, 0.15) is 0 Å². The van der Waals surface area contributed by atoms with Crippen molar-refractivity contribution < 1.29 is 14.6 Å². The molecule has 2 aliphatic rings. The van der Waals surface area contributed by atoms with Crippen molar-refractivity contribution in [3.63, 3.8) is 0 Å². The van der Waals surface area contributed by atoms with Crippen molar-refractivity contribution >= 4 is 5.91 Å². The molecule has 24 heavy (non-hydrogen) atoms. The minimum absolute atomic E-state index is 0.0934. The minimum atomic E-state index is 0.0934. The van der Waals surface area contributed by atoms with Gasteiger partial charge in [-0.3, -0.25) is 4.79 Å². The third-order valence-corrected chi connectivity index (χ3v) is 5.83. The Bertz CT molecular complexity index is 546. The molecule has 0 spiro atoms. The first-order chi connectivity index (χ1) is 11.7. The van der Waals surface area contributed by atoms with Crippen LogP contribution in [0.25, 0.3) is 0 Å². The number of likely N-dealkylation sites (tertiary alicyclic amines) is 1. The van der Waals surface area contributed by atoms with Crippen molar-refractivity contribution in [1.29, 1.82) is 0 Å². The first kappa shape index (κ1) is 17.4. The Kier molecular flexibility index (Phi) is 5.90. The highest BCUT2D eigenvalue weighted by molar-refractivity contribution is 5.79. The number of aliphatic hydroxyl groups is 1. The van der Waals surface area contributed by atoms with Crippen LogP contribution in [0.1, 0.15) is 49.7 Å². The number of amides is 1. The number of rotatable bonds is 4. The molecule has 2 saturated heterocycles. The molecule has 1 atom stereocenters. The summed E-state index contributed by atoms with van der Waals surface area (Å²) < 4.78 is 5.41. The van der Waals surface area contributed by atoms with Gasteiger partial charge >= 0.3 is 0 Å². The maximum Gasteiger partial charge on any atom is 0.225 e. The van der Waals surface area contributed by atoms with Gasteiger partial charge in [-0.05, 0) is 48.6 Å². The standard InChI is InChI=1S/C20H29NO3/c1-15(16-8-12-24-13-9-16)20(23)21-10-6-17(7-11-21)19-5-3-2-4-18(19)14-22/h2-5,15-17,22H,6-14H2,1H3. The highest BCUT2D eigenvalue weighted by atomic mass is 16.5. The number of hydrogen-bond acceptors (Lipinski definition) is 3. The van der Waals surface area contributed by atoms with E-state index in [1.165, 1.54) is 5.56 Å². The van der Waals surface area contributed by atoms with E-state index in [4.69, 9.17) is 4.74 Å². The fraction of sp³-hybridized carbons (Fsp3) is 0.650. The van der Waals surface area contributed by atoms with E-state index in [2.05, 4.69) is 17.9 Å². The monoisotopic (exact) mass is 331 g/mol. The highest BCUT2D eigenvalue weighted by Gasteiger charge is 2.32. The molecule has 2 fully saturated rings. The van der Waals surface area contributed by atoms with E-state index in [1.807, 2.05) is 18.2 Å². The quantitative estimate of drug-likeness (QED) is 0.923. The topological polar surface area (TPSA) is 49.8 Å². The molecule has 1 unspecified atom stereocenters. The molecular weight excluding hydrogens is 302 g/mol. The molecule has 3 rings (SSSR count). The van der Waals surface area contributed by atoms with Crippen LogP contribution >= 0.6 is 0 Å². The highest BCUT2D eigenvalue weighted by Crippen LogP contribution is 2.32. The summed E-state index contributed by atoms with van der Waals surface area (Å²) in [6, 6.07) is 8.14. The van der Waals surface area contributed by atoms with Crippen LogP contribution in [0.4, 0.5) is 0 Å². The van der Waals surface area contributed by atoms with Crippen LogP contribution in [0.15, 0.2) is 24.3 Å². The van der Waals surface area contributed by atoms with Crippen LogP contribution in [-0.2, 0) is 16.1 Å². The van der Waals surface area contributed by atoms with E-state index < -0.39 is 0 Å². The molecule has 0 aliphatic carbocycles. The van der Waals surface area contributed by atoms with Crippen LogP contribution in [0, 0.1) is 11.8 Å². The van der Waals surface area contributed by atoms with E-state index in [-0.39, 0.29) is 12.5 Å². The molecule has 1 aromatic rings. The lowest BCUT2D eigenvalue weighted by Crippen LogP contribution is -2.43. The lowest BCUT2D eigenvalue weighted by Gasteiger charge is -2.36. The van der Waals surface area contributed by atoms with Crippen molar-refractivity contribution in [2.45, 2.75) is 45.1 Å². The second kappa shape index (κ2) is 8.13. The second-order valence-electron chi connectivity index (χ2n) is 7.19. The average molecular weight is 331 g/mol. The predicted octanol–water partition coefficient (Wildman–Crippen LogP) is 2.95. The normalized spacial score (nSPS) is 21.7. The summed E-state index contributed by atoms with van der Waals surface area (Å²) in [5.41, 5.74) is 2.28. The molecular formula is C20H29NO3. The SMILES string of the molecule is CC(C(=O)N1CCC(c2ccccc2CO)CC1)C1CCOCC1. The van der Waals surface area contributed by atoms with Crippen molar-refractivity contribution in [2.24, 2.45) is 11.8 Å². The Balaban J connectivity index is 1.57. The molecule has 1 aromatic carbocycles. The number of carbonyl (C=O) groups excluding carboxylic acids is 1. The van der Waals surface area contributed by atoms with E-state index >= 15 is 0 Å². The number of carbonyl (C=O) groups is 1. The number of hydrogen-bond donors (Lipinski definition) is 1. The van der Waals surface area contributed by atoms with Crippen molar-refractivity contribution in [3.8, 4) is 0 Å². The van der Waals surface area contributed by atoms with E-state index in [1.54, 1.807) is 0 Å². The molecule has 2 heterocycles. The molecule has 1 amide bonds. The summed E-state index contributed by atoms with van der Waals surface area (Å²) >= 11 is 0. The Labute approximate surface area is 144 Å². The molecule has 2 aliphatic heterocycles. The Hall–Kier alpha value is -1.39. The van der Waals surface area contributed by atoms with Crippen LogP contribution in [0.3, 0.4) is 0 Å². The van der Waals surface area contributed by atoms with Crippen molar-refractivity contribution in [3.05, 3.63) is 35.4 Å². The van der Waals surface area contributed by atoms with Gasteiger partial charge in [-0.15, -0.1) is 0 Å². The minimum Gasteiger partial charge on any atom is -0.392 e. The summed E-state index contributed by atoms with van der Waals surface area (Å²) in [6.07, 6.45) is 3.99. The summed E-state index contributed by atoms with van der Waals surface area (Å²) in [4.78, 5) is 14.9. The van der Waals surface area contributed by atoms with E-state index in [9.17, 15) is 9.90 Å². The molecule has 0 aromatic heterocycles. The Morgan fingerprint density at radius 3 is 2.54 bits per heavy atom. The first-order valence-electron chi connectivity index (χ1n) is 9.26. The zero-order valence-corrected chi connectivity index (χ0v) is 14.6. The Morgan fingerprint density at radius 1 is 1.21 bits per heavy atom. The zero-order valence-electron chi connectivity index (χ0n) is 14.6. The maximum atomic E-state index is 12.8. The van der Waals surface area contributed by atoms with Crippen LogP contribution in [0.2, 0.25) is 0 Å². The lowest BCUT2D eigenvalue weighted by atomic mass is 9.84. The molecule has 132 valence electrons. The maximum absolute atomic E-state index is 12.8. The molecule has 4 heteroatoms. The fourth-order valence-electron chi connectivity index (χ4n) is 4.19. The van der Waals surface area contributed by atoms with Crippen LogP contribution in [-0.4, -0.2) is 42.2 Å². The number of ether oxygens (including phenoxy) is 1. The smallest absolute Gasteiger partial charge is 0.225 e. The first-order valence-corrected chi connectivity index (χ1v) is 9.26. The third-order valence-electron chi connectivity index (χ3n) is 5.83. The predicted molar refractivity (Wildman–Crippen MR) is 93.6 cm³/mol. The van der Waals surface area contributed by atoms with E-state index in [0.29, 0.717) is 17.7 Å². The Morgan fingerprint density at radius 2 is 1.88 bits per heavy atom. The van der Waals surface area contributed by atoms with Crippen LogP contribution in [0.5, 0.6) is 0 Å². The number of benzene rings is 1.